The van der Waals surface area contributed by atoms with E-state index in [1.165, 1.54) is 13.0 Å². The van der Waals surface area contributed by atoms with Gasteiger partial charge in [-0.25, -0.2) is 0 Å². The van der Waals surface area contributed by atoms with Gasteiger partial charge in [-0.1, -0.05) is 32.1 Å². The number of hydrogen-bond donors (Lipinski definition) is 1. The van der Waals surface area contributed by atoms with Crippen molar-refractivity contribution < 1.29 is 14.3 Å². The molecule has 0 aromatic heterocycles. The van der Waals surface area contributed by atoms with Crippen molar-refractivity contribution >= 4 is 23.5 Å². The van der Waals surface area contributed by atoms with E-state index >= 15 is 0 Å². The van der Waals surface area contributed by atoms with Crippen molar-refractivity contribution in [3.63, 3.8) is 0 Å². The second-order valence-electron chi connectivity index (χ2n) is 6.23. The molecule has 0 spiro atoms. The molecule has 0 aliphatic heterocycles. The van der Waals surface area contributed by atoms with Crippen LogP contribution in [-0.2, 0) is 4.79 Å². The zero-order chi connectivity index (χ0) is 18.2. The molecule has 1 amide bonds. The lowest BCUT2D eigenvalue weighted by atomic mass is 10.1. The second-order valence-corrected chi connectivity index (χ2v) is 6.23. The van der Waals surface area contributed by atoms with E-state index in [9.17, 15) is 9.59 Å². The molecule has 0 fully saturated rings. The SMILES string of the molecule is CC(=O)Nc1ccc(/C=C/C(=O)c2ccc(OCC(C)C)cc2)cc1. The van der Waals surface area contributed by atoms with Crippen molar-refractivity contribution in [3.8, 4) is 5.75 Å². The number of ketones is 1. The molecule has 0 atom stereocenters. The summed E-state index contributed by atoms with van der Waals surface area (Å²) in [6, 6.07) is 14.4. The van der Waals surface area contributed by atoms with Crippen LogP contribution in [0.3, 0.4) is 0 Å². The predicted molar refractivity (Wildman–Crippen MR) is 101 cm³/mol. The third kappa shape index (κ3) is 6.26. The summed E-state index contributed by atoms with van der Waals surface area (Å²) in [4.78, 5) is 23.2. The van der Waals surface area contributed by atoms with Crippen molar-refractivity contribution in [2.24, 2.45) is 5.92 Å². The summed E-state index contributed by atoms with van der Waals surface area (Å²) in [5, 5.41) is 2.70. The Labute approximate surface area is 148 Å². The van der Waals surface area contributed by atoms with Gasteiger partial charge in [-0.05, 0) is 54.0 Å². The van der Waals surface area contributed by atoms with Crippen LogP contribution in [0.1, 0.15) is 36.7 Å². The summed E-state index contributed by atoms with van der Waals surface area (Å²) < 4.78 is 5.61. The first kappa shape index (κ1) is 18.5. The highest BCUT2D eigenvalue weighted by molar-refractivity contribution is 6.06. The molecule has 0 bridgehead atoms. The standard InChI is InChI=1S/C21H23NO3/c1-15(2)14-25-20-11-7-18(8-12-20)21(24)13-6-17-4-9-19(10-5-17)22-16(3)23/h4-13,15H,14H2,1-3H3,(H,22,23)/b13-6+. The maximum Gasteiger partial charge on any atom is 0.221 e. The van der Waals surface area contributed by atoms with Crippen LogP contribution >= 0.6 is 0 Å². The fraction of sp³-hybridized carbons (Fsp3) is 0.238. The Bertz CT molecular complexity index is 744. The molecule has 4 heteroatoms. The summed E-state index contributed by atoms with van der Waals surface area (Å²) in [5.41, 5.74) is 2.23. The topological polar surface area (TPSA) is 55.4 Å². The van der Waals surface area contributed by atoms with E-state index in [4.69, 9.17) is 4.74 Å². The third-order valence-electron chi connectivity index (χ3n) is 3.38. The number of allylic oxidation sites excluding steroid dienone is 1. The molecule has 1 N–H and O–H groups in total. The predicted octanol–water partition coefficient (Wildman–Crippen LogP) is 4.58. The number of carbonyl (C=O) groups is 2. The average Bonchev–Trinajstić information content (AvgIpc) is 2.59. The van der Waals surface area contributed by atoms with Crippen molar-refractivity contribution in [2.45, 2.75) is 20.8 Å². The van der Waals surface area contributed by atoms with Gasteiger partial charge < -0.3 is 10.1 Å². The number of ether oxygens (including phenoxy) is 1. The van der Waals surface area contributed by atoms with Gasteiger partial charge in [-0.15, -0.1) is 0 Å². The highest BCUT2D eigenvalue weighted by Gasteiger charge is 2.03. The van der Waals surface area contributed by atoms with E-state index in [-0.39, 0.29) is 11.7 Å². The fourth-order valence-electron chi connectivity index (χ4n) is 2.13. The van der Waals surface area contributed by atoms with Gasteiger partial charge in [0, 0.05) is 18.2 Å². The molecule has 0 saturated heterocycles. The average molecular weight is 337 g/mol. The van der Waals surface area contributed by atoms with Crippen LogP contribution in [0.2, 0.25) is 0 Å². The molecule has 25 heavy (non-hydrogen) atoms. The van der Waals surface area contributed by atoms with E-state index in [1.54, 1.807) is 30.3 Å². The Balaban J connectivity index is 1.96. The van der Waals surface area contributed by atoms with Gasteiger partial charge in [0.25, 0.3) is 0 Å². The number of anilines is 1. The summed E-state index contributed by atoms with van der Waals surface area (Å²) in [6.07, 6.45) is 3.29. The van der Waals surface area contributed by atoms with Gasteiger partial charge in [-0.2, -0.15) is 0 Å². The zero-order valence-corrected chi connectivity index (χ0v) is 14.8. The summed E-state index contributed by atoms with van der Waals surface area (Å²) >= 11 is 0. The Morgan fingerprint density at radius 3 is 2.24 bits per heavy atom. The lowest BCUT2D eigenvalue weighted by Crippen LogP contribution is -2.05. The minimum Gasteiger partial charge on any atom is -0.493 e. The van der Waals surface area contributed by atoms with Crippen LogP contribution < -0.4 is 10.1 Å². The normalized spacial score (nSPS) is 10.9. The molecule has 0 unspecified atom stereocenters. The Morgan fingerprint density at radius 1 is 1.04 bits per heavy atom. The van der Waals surface area contributed by atoms with Gasteiger partial charge in [0.1, 0.15) is 5.75 Å². The van der Waals surface area contributed by atoms with Gasteiger partial charge >= 0.3 is 0 Å². The zero-order valence-electron chi connectivity index (χ0n) is 14.8. The number of rotatable bonds is 7. The third-order valence-corrected chi connectivity index (χ3v) is 3.38. The number of hydrogen-bond acceptors (Lipinski definition) is 3. The monoisotopic (exact) mass is 337 g/mol. The number of benzene rings is 2. The molecule has 0 radical (unpaired) electrons. The fourth-order valence-corrected chi connectivity index (χ4v) is 2.13. The van der Waals surface area contributed by atoms with Crippen molar-refractivity contribution in [3.05, 3.63) is 65.7 Å². The van der Waals surface area contributed by atoms with Gasteiger partial charge in [-0.3, -0.25) is 9.59 Å². The second kappa shape index (κ2) is 8.83. The van der Waals surface area contributed by atoms with Crippen LogP contribution in [0, 0.1) is 5.92 Å². The molecule has 0 aliphatic carbocycles. The van der Waals surface area contributed by atoms with Crippen LogP contribution in [-0.4, -0.2) is 18.3 Å². The lowest BCUT2D eigenvalue weighted by Gasteiger charge is -2.08. The van der Waals surface area contributed by atoms with Crippen LogP contribution in [0.15, 0.2) is 54.6 Å². The van der Waals surface area contributed by atoms with E-state index in [0.717, 1.165) is 17.0 Å². The van der Waals surface area contributed by atoms with Gasteiger partial charge in [0.15, 0.2) is 5.78 Å². The number of nitrogens with one attached hydrogen (secondary N) is 1. The molecular formula is C21H23NO3. The first-order chi connectivity index (χ1) is 11.9. The largest absolute Gasteiger partial charge is 0.493 e. The lowest BCUT2D eigenvalue weighted by molar-refractivity contribution is -0.114. The van der Waals surface area contributed by atoms with Crippen molar-refractivity contribution in [1.29, 1.82) is 0 Å². The van der Waals surface area contributed by atoms with E-state index in [1.807, 2.05) is 24.3 Å². The van der Waals surface area contributed by atoms with Crippen molar-refractivity contribution in [1.82, 2.24) is 0 Å². The van der Waals surface area contributed by atoms with E-state index < -0.39 is 0 Å². The maximum absolute atomic E-state index is 12.2. The van der Waals surface area contributed by atoms with Gasteiger partial charge in [0.2, 0.25) is 5.91 Å². The van der Waals surface area contributed by atoms with E-state index in [2.05, 4.69) is 19.2 Å². The van der Waals surface area contributed by atoms with Crippen LogP contribution in [0.5, 0.6) is 5.75 Å². The smallest absolute Gasteiger partial charge is 0.221 e. The molecule has 0 aliphatic rings. The molecule has 4 nitrogen and oxygen atoms in total. The molecular weight excluding hydrogens is 314 g/mol. The Kier molecular flexibility index (Phi) is 6.52. The Morgan fingerprint density at radius 2 is 1.68 bits per heavy atom. The molecule has 130 valence electrons. The van der Waals surface area contributed by atoms with Crippen LogP contribution in [0.25, 0.3) is 6.08 Å². The molecule has 0 saturated carbocycles. The van der Waals surface area contributed by atoms with Crippen LogP contribution in [0.4, 0.5) is 5.69 Å². The maximum atomic E-state index is 12.2. The summed E-state index contributed by atoms with van der Waals surface area (Å²) in [7, 11) is 0. The number of carbonyl (C=O) groups excluding carboxylic acids is 2. The number of amides is 1. The minimum absolute atomic E-state index is 0.0682. The summed E-state index contributed by atoms with van der Waals surface area (Å²) in [5.74, 6) is 1.05. The highest BCUT2D eigenvalue weighted by atomic mass is 16.5. The highest BCUT2D eigenvalue weighted by Crippen LogP contribution is 2.15. The molecule has 2 rings (SSSR count). The summed E-state index contributed by atoms with van der Waals surface area (Å²) in [6.45, 7) is 6.30. The first-order valence-corrected chi connectivity index (χ1v) is 8.27. The van der Waals surface area contributed by atoms with Crippen molar-refractivity contribution in [2.75, 3.05) is 11.9 Å². The first-order valence-electron chi connectivity index (χ1n) is 8.27. The molecule has 2 aromatic carbocycles. The molecule has 0 heterocycles. The van der Waals surface area contributed by atoms with E-state index in [0.29, 0.717) is 18.1 Å². The Hall–Kier alpha value is -2.88. The van der Waals surface area contributed by atoms with Gasteiger partial charge in [0.05, 0.1) is 6.61 Å². The quantitative estimate of drug-likeness (QED) is 0.594. The minimum atomic E-state index is -0.112. The molecule has 2 aromatic rings.